The molecule has 1 aromatic heterocycles. The van der Waals surface area contributed by atoms with Crippen molar-refractivity contribution in [2.75, 3.05) is 26.4 Å². The van der Waals surface area contributed by atoms with Gasteiger partial charge in [-0.2, -0.15) is 9.78 Å². The number of aromatic hydroxyl groups is 1. The Labute approximate surface area is 202 Å². The molecule has 3 aromatic rings. The summed E-state index contributed by atoms with van der Waals surface area (Å²) in [6, 6.07) is 7.99. The number of aryl methyl sites for hydroxylation is 2. The van der Waals surface area contributed by atoms with Crippen molar-refractivity contribution in [2.45, 2.75) is 13.8 Å². The number of halogens is 1. The van der Waals surface area contributed by atoms with Gasteiger partial charge >= 0.3 is 5.69 Å². The third-order valence-corrected chi connectivity index (χ3v) is 5.27. The minimum atomic E-state index is -0.915. The fourth-order valence-corrected chi connectivity index (χ4v) is 3.45. The van der Waals surface area contributed by atoms with Gasteiger partial charge in [0, 0.05) is 6.54 Å². The molecule has 0 aliphatic carbocycles. The Morgan fingerprint density at radius 3 is 2.53 bits per heavy atom. The Hall–Kier alpha value is -3.48. The lowest BCUT2D eigenvalue weighted by atomic mass is 10.1. The van der Waals surface area contributed by atoms with E-state index in [4.69, 9.17) is 14.6 Å². The summed E-state index contributed by atoms with van der Waals surface area (Å²) in [7, 11) is 0. The first kappa shape index (κ1) is 25.1. The van der Waals surface area contributed by atoms with Gasteiger partial charge in [-0.15, -0.1) is 0 Å². The van der Waals surface area contributed by atoms with E-state index in [9.17, 15) is 19.5 Å². The first-order chi connectivity index (χ1) is 16.2. The zero-order valence-corrected chi connectivity index (χ0v) is 20.0. The molecule has 180 valence electrons. The van der Waals surface area contributed by atoms with Crippen LogP contribution in [0.25, 0.3) is 5.69 Å². The molecule has 0 saturated carbocycles. The maximum absolute atomic E-state index is 12.4. The van der Waals surface area contributed by atoms with Gasteiger partial charge in [-0.1, -0.05) is 0 Å². The van der Waals surface area contributed by atoms with Crippen molar-refractivity contribution in [3.05, 3.63) is 72.5 Å². The molecule has 2 aromatic carbocycles. The molecule has 0 aliphatic heterocycles. The molecule has 0 spiro atoms. The van der Waals surface area contributed by atoms with Gasteiger partial charge in [-0.3, -0.25) is 14.6 Å². The minimum Gasteiger partial charge on any atom is -0.507 e. The van der Waals surface area contributed by atoms with Crippen molar-refractivity contribution in [2.24, 2.45) is 0 Å². The highest BCUT2D eigenvalue weighted by molar-refractivity contribution is 9.10. The highest BCUT2D eigenvalue weighted by Crippen LogP contribution is 2.34. The predicted octanol–water partition coefficient (Wildman–Crippen LogP) is 1.54. The number of H-pyrrole nitrogens is 1. The second-order valence-electron chi connectivity index (χ2n) is 7.24. The lowest BCUT2D eigenvalue weighted by Crippen LogP contribution is -2.40. The molecule has 0 bridgehead atoms. The van der Waals surface area contributed by atoms with Gasteiger partial charge in [0.15, 0.2) is 0 Å². The third kappa shape index (κ3) is 5.90. The number of carbonyl (C=O) groups excluding carboxylic acids is 1. The molecule has 4 N–H and O–H groups in total. The lowest BCUT2D eigenvalue weighted by Gasteiger charge is -2.15. The largest absolute Gasteiger partial charge is 0.507 e. The number of ether oxygens (including phenoxy) is 2. The van der Waals surface area contributed by atoms with E-state index in [2.05, 4.69) is 31.3 Å². The minimum absolute atomic E-state index is 0.0807. The molecule has 11 nitrogen and oxygen atoms in total. The molecule has 12 heteroatoms. The number of aliphatic hydroxyl groups excluding tert-OH is 1. The van der Waals surface area contributed by atoms with Gasteiger partial charge in [0.1, 0.15) is 17.2 Å². The average Bonchev–Trinajstić information content (AvgIpc) is 2.78. The van der Waals surface area contributed by atoms with Crippen LogP contribution in [0.1, 0.15) is 21.6 Å². The Bertz CT molecular complexity index is 1300. The summed E-state index contributed by atoms with van der Waals surface area (Å²) in [5.41, 5.74) is -0.525. The summed E-state index contributed by atoms with van der Waals surface area (Å²) < 4.78 is 12.4. The second kappa shape index (κ2) is 11.1. The van der Waals surface area contributed by atoms with E-state index in [-0.39, 0.29) is 32.1 Å². The third-order valence-electron chi connectivity index (χ3n) is 4.64. The van der Waals surface area contributed by atoms with Gasteiger partial charge in [-0.05, 0) is 71.2 Å². The van der Waals surface area contributed by atoms with E-state index in [1.807, 2.05) is 0 Å². The van der Waals surface area contributed by atoms with Crippen molar-refractivity contribution >= 4 is 21.8 Å². The van der Waals surface area contributed by atoms with Gasteiger partial charge in [0.2, 0.25) is 5.69 Å². The zero-order valence-electron chi connectivity index (χ0n) is 18.4. The maximum atomic E-state index is 12.4. The first-order valence-electron chi connectivity index (χ1n) is 10.2. The molecule has 0 atom stereocenters. The number of rotatable bonds is 9. The monoisotopic (exact) mass is 534 g/mol. The summed E-state index contributed by atoms with van der Waals surface area (Å²) in [5, 5.41) is 24.8. The molecule has 0 unspecified atom stereocenters. The van der Waals surface area contributed by atoms with Crippen LogP contribution in [0.4, 0.5) is 0 Å². The molecule has 0 fully saturated rings. The van der Waals surface area contributed by atoms with E-state index in [1.54, 1.807) is 38.1 Å². The van der Waals surface area contributed by atoms with E-state index >= 15 is 0 Å². The maximum Gasteiger partial charge on any atom is 0.349 e. The van der Waals surface area contributed by atoms with Crippen LogP contribution in [0.2, 0.25) is 0 Å². The van der Waals surface area contributed by atoms with Gasteiger partial charge in [-0.25, -0.2) is 4.79 Å². The van der Waals surface area contributed by atoms with Gasteiger partial charge < -0.3 is 25.0 Å². The number of phenolic OH excluding ortho intramolecular Hbond substituents is 1. The molecule has 1 heterocycles. The standard InChI is InChI=1S/C22H23BrN4O7/c1-12-9-14(10-13(2)19(12)34-15-3-4-17(29)16(23)11-15)27-22(32)25-21(31)18(26-27)20(30)24-5-7-33-8-6-28/h3-4,9-11,28-29H,5-8H2,1-2H3,(H,24,30)(H,25,31,32). The number of aromatic nitrogens is 3. The van der Waals surface area contributed by atoms with E-state index in [1.165, 1.54) is 6.07 Å². The normalized spacial score (nSPS) is 10.8. The number of carbonyl (C=O) groups is 1. The Kier molecular flexibility index (Phi) is 8.21. The van der Waals surface area contributed by atoms with Crippen LogP contribution in [-0.4, -0.2) is 57.3 Å². The number of nitrogens with zero attached hydrogens (tertiary/aromatic N) is 2. The lowest BCUT2D eigenvalue weighted by molar-refractivity contribution is 0.0833. The van der Waals surface area contributed by atoms with Crippen molar-refractivity contribution in [3.8, 4) is 22.9 Å². The predicted molar refractivity (Wildman–Crippen MR) is 126 cm³/mol. The molecule has 34 heavy (non-hydrogen) atoms. The highest BCUT2D eigenvalue weighted by atomic mass is 79.9. The zero-order chi connectivity index (χ0) is 24.8. The second-order valence-corrected chi connectivity index (χ2v) is 8.09. The van der Waals surface area contributed by atoms with Gasteiger partial charge in [0.05, 0.1) is 30.0 Å². The summed E-state index contributed by atoms with van der Waals surface area (Å²) >= 11 is 3.24. The molecule has 0 aliphatic rings. The summed E-state index contributed by atoms with van der Waals surface area (Å²) in [6.07, 6.45) is 0. The number of phenols is 1. The molecule has 3 rings (SSSR count). The van der Waals surface area contributed by atoms with E-state index in [0.717, 1.165) is 4.68 Å². The fourth-order valence-electron chi connectivity index (χ4n) is 3.09. The van der Waals surface area contributed by atoms with Crippen molar-refractivity contribution in [3.63, 3.8) is 0 Å². The van der Waals surface area contributed by atoms with Crippen LogP contribution in [0.15, 0.2) is 44.4 Å². The molecular formula is C22H23BrN4O7. The number of hydrogen-bond donors (Lipinski definition) is 4. The number of aromatic amines is 1. The number of amides is 1. The number of benzene rings is 2. The van der Waals surface area contributed by atoms with Crippen LogP contribution >= 0.6 is 15.9 Å². The Balaban J connectivity index is 1.88. The summed E-state index contributed by atoms with van der Waals surface area (Å²) in [6.45, 7) is 3.77. The van der Waals surface area contributed by atoms with Crippen LogP contribution in [0.5, 0.6) is 17.2 Å². The Morgan fingerprint density at radius 1 is 1.18 bits per heavy atom. The van der Waals surface area contributed by atoms with Crippen molar-refractivity contribution < 1.29 is 24.5 Å². The smallest absolute Gasteiger partial charge is 0.349 e. The molecule has 0 saturated heterocycles. The van der Waals surface area contributed by atoms with Crippen LogP contribution in [0, 0.1) is 13.8 Å². The topological polar surface area (TPSA) is 156 Å². The SMILES string of the molecule is Cc1cc(-n2nc(C(=O)NCCOCCO)c(=O)[nH]c2=O)cc(C)c1Oc1ccc(O)c(Br)c1. The van der Waals surface area contributed by atoms with Crippen LogP contribution in [-0.2, 0) is 4.74 Å². The van der Waals surface area contributed by atoms with Crippen LogP contribution < -0.4 is 21.3 Å². The fraction of sp³-hybridized carbons (Fsp3) is 0.273. The van der Waals surface area contributed by atoms with Crippen molar-refractivity contribution in [1.82, 2.24) is 20.1 Å². The average molecular weight is 535 g/mol. The van der Waals surface area contributed by atoms with E-state index in [0.29, 0.717) is 32.8 Å². The van der Waals surface area contributed by atoms with Crippen molar-refractivity contribution in [1.29, 1.82) is 0 Å². The summed E-state index contributed by atoms with van der Waals surface area (Å²) in [5.74, 6) is 0.343. The highest BCUT2D eigenvalue weighted by Gasteiger charge is 2.17. The molecule has 1 amide bonds. The Morgan fingerprint density at radius 2 is 1.88 bits per heavy atom. The number of hydrogen-bond acceptors (Lipinski definition) is 8. The van der Waals surface area contributed by atoms with Gasteiger partial charge in [0.25, 0.3) is 11.5 Å². The molecule has 0 radical (unpaired) electrons. The van der Waals surface area contributed by atoms with E-state index < -0.39 is 22.9 Å². The number of aliphatic hydroxyl groups is 1. The number of nitrogens with one attached hydrogen (secondary N) is 2. The quantitative estimate of drug-likeness (QED) is 0.301. The molecular weight excluding hydrogens is 512 g/mol. The van der Waals surface area contributed by atoms with Crippen LogP contribution in [0.3, 0.4) is 0 Å². The first-order valence-corrected chi connectivity index (χ1v) is 11.0. The summed E-state index contributed by atoms with van der Waals surface area (Å²) in [4.78, 5) is 39.1.